The number of carbonyl (C=O) groups is 1. The number of nitrogens with zero attached hydrogens (tertiary/aromatic N) is 2. The number of aromatic amines is 1. The van der Waals surface area contributed by atoms with E-state index in [2.05, 4.69) is 10.2 Å². The first-order valence-corrected chi connectivity index (χ1v) is 9.30. The van der Waals surface area contributed by atoms with Crippen molar-refractivity contribution in [2.45, 2.75) is 13.8 Å². The highest BCUT2D eigenvalue weighted by Crippen LogP contribution is 2.28. The standard InChI is InChI=1S/C22H25N3O3/c1-4-25(12-13-28-17-9-7-8-16(2)14-17)22(26)20-15-19(23-24-20)18-10-5-6-11-21(18)27-3/h5-11,14-15H,4,12-13H2,1-3H3,(H,23,24). The summed E-state index contributed by atoms with van der Waals surface area (Å²) in [7, 11) is 1.62. The Bertz CT molecular complexity index is 936. The van der Waals surface area contributed by atoms with E-state index in [1.54, 1.807) is 18.1 Å². The summed E-state index contributed by atoms with van der Waals surface area (Å²) >= 11 is 0. The Morgan fingerprint density at radius 1 is 1.14 bits per heavy atom. The number of H-pyrrole nitrogens is 1. The number of hydrogen-bond acceptors (Lipinski definition) is 4. The molecule has 0 aliphatic heterocycles. The van der Waals surface area contributed by atoms with Crippen LogP contribution in [-0.4, -0.2) is 47.8 Å². The normalized spacial score (nSPS) is 10.5. The molecule has 6 nitrogen and oxygen atoms in total. The van der Waals surface area contributed by atoms with Gasteiger partial charge in [0.2, 0.25) is 0 Å². The number of ether oxygens (including phenoxy) is 2. The first-order valence-electron chi connectivity index (χ1n) is 9.30. The van der Waals surface area contributed by atoms with Crippen LogP contribution >= 0.6 is 0 Å². The van der Waals surface area contributed by atoms with Gasteiger partial charge in [0.05, 0.1) is 19.3 Å². The third-order valence-corrected chi connectivity index (χ3v) is 4.48. The van der Waals surface area contributed by atoms with Crippen LogP contribution in [0.4, 0.5) is 0 Å². The number of aryl methyl sites for hydroxylation is 1. The van der Waals surface area contributed by atoms with Gasteiger partial charge in [-0.25, -0.2) is 0 Å². The summed E-state index contributed by atoms with van der Waals surface area (Å²) in [5, 5.41) is 7.13. The van der Waals surface area contributed by atoms with Gasteiger partial charge in [0, 0.05) is 12.1 Å². The average Bonchev–Trinajstić information content (AvgIpc) is 3.21. The lowest BCUT2D eigenvalue weighted by Gasteiger charge is -2.20. The zero-order valence-corrected chi connectivity index (χ0v) is 16.4. The maximum absolute atomic E-state index is 12.8. The van der Waals surface area contributed by atoms with Crippen molar-refractivity contribution in [2.75, 3.05) is 26.8 Å². The van der Waals surface area contributed by atoms with Crippen molar-refractivity contribution in [1.29, 1.82) is 0 Å². The van der Waals surface area contributed by atoms with Gasteiger partial charge >= 0.3 is 0 Å². The molecule has 3 aromatic rings. The summed E-state index contributed by atoms with van der Waals surface area (Å²) in [4.78, 5) is 14.6. The van der Waals surface area contributed by atoms with Crippen LogP contribution in [0.2, 0.25) is 0 Å². The molecule has 0 fully saturated rings. The SMILES string of the molecule is CCN(CCOc1cccc(C)c1)C(=O)c1cc(-c2ccccc2OC)n[nH]1. The lowest BCUT2D eigenvalue weighted by atomic mass is 10.1. The Labute approximate surface area is 165 Å². The fourth-order valence-electron chi connectivity index (χ4n) is 2.98. The molecule has 0 spiro atoms. The van der Waals surface area contributed by atoms with Gasteiger partial charge in [0.15, 0.2) is 0 Å². The van der Waals surface area contributed by atoms with Crippen molar-refractivity contribution >= 4 is 5.91 Å². The van der Waals surface area contributed by atoms with Gasteiger partial charge in [-0.15, -0.1) is 0 Å². The van der Waals surface area contributed by atoms with E-state index in [0.29, 0.717) is 36.8 Å². The van der Waals surface area contributed by atoms with Crippen molar-refractivity contribution in [1.82, 2.24) is 15.1 Å². The highest BCUT2D eigenvalue weighted by atomic mass is 16.5. The van der Waals surface area contributed by atoms with Gasteiger partial charge in [0.1, 0.15) is 23.8 Å². The summed E-state index contributed by atoms with van der Waals surface area (Å²) in [5.74, 6) is 1.42. The molecule has 3 rings (SSSR count). The number of nitrogens with one attached hydrogen (secondary N) is 1. The van der Waals surface area contributed by atoms with Crippen LogP contribution in [0.3, 0.4) is 0 Å². The summed E-state index contributed by atoms with van der Waals surface area (Å²) in [6, 6.07) is 17.2. The van der Waals surface area contributed by atoms with Gasteiger partial charge in [0.25, 0.3) is 5.91 Å². The molecule has 0 radical (unpaired) electrons. The van der Waals surface area contributed by atoms with Gasteiger partial charge < -0.3 is 14.4 Å². The molecular formula is C22H25N3O3. The van der Waals surface area contributed by atoms with Gasteiger partial charge in [-0.1, -0.05) is 24.3 Å². The van der Waals surface area contributed by atoms with Gasteiger partial charge in [-0.05, 0) is 49.7 Å². The molecular weight excluding hydrogens is 354 g/mol. The number of para-hydroxylation sites is 1. The molecule has 0 aliphatic carbocycles. The molecule has 0 saturated carbocycles. The van der Waals surface area contributed by atoms with Crippen molar-refractivity contribution < 1.29 is 14.3 Å². The van der Waals surface area contributed by atoms with Gasteiger partial charge in [-0.2, -0.15) is 5.10 Å². The van der Waals surface area contributed by atoms with Crippen LogP contribution < -0.4 is 9.47 Å². The Morgan fingerprint density at radius 2 is 1.96 bits per heavy atom. The topological polar surface area (TPSA) is 67.4 Å². The van der Waals surface area contributed by atoms with Crippen molar-refractivity contribution in [3.8, 4) is 22.8 Å². The molecule has 1 aromatic heterocycles. The molecule has 1 N–H and O–H groups in total. The van der Waals surface area contributed by atoms with Crippen LogP contribution in [0.25, 0.3) is 11.3 Å². The largest absolute Gasteiger partial charge is 0.496 e. The highest BCUT2D eigenvalue weighted by Gasteiger charge is 2.18. The predicted octanol–water partition coefficient (Wildman–Crippen LogP) is 3.93. The molecule has 6 heteroatoms. The lowest BCUT2D eigenvalue weighted by molar-refractivity contribution is 0.0734. The Balaban J connectivity index is 1.65. The van der Waals surface area contributed by atoms with E-state index in [-0.39, 0.29) is 5.91 Å². The summed E-state index contributed by atoms with van der Waals surface area (Å²) in [5.41, 5.74) is 3.10. The van der Waals surface area contributed by atoms with Crippen molar-refractivity contribution in [3.63, 3.8) is 0 Å². The van der Waals surface area contributed by atoms with Crippen molar-refractivity contribution in [3.05, 3.63) is 65.9 Å². The fourth-order valence-corrected chi connectivity index (χ4v) is 2.98. The number of benzene rings is 2. The number of carbonyl (C=O) groups excluding carboxylic acids is 1. The van der Waals surface area contributed by atoms with E-state index in [4.69, 9.17) is 9.47 Å². The van der Waals surface area contributed by atoms with Crippen LogP contribution in [0, 0.1) is 6.92 Å². The van der Waals surface area contributed by atoms with E-state index in [0.717, 1.165) is 16.9 Å². The van der Waals surface area contributed by atoms with E-state index in [1.807, 2.05) is 62.4 Å². The zero-order valence-electron chi connectivity index (χ0n) is 16.4. The van der Waals surface area contributed by atoms with Gasteiger partial charge in [-0.3, -0.25) is 9.89 Å². The van der Waals surface area contributed by atoms with Crippen molar-refractivity contribution in [2.24, 2.45) is 0 Å². The molecule has 28 heavy (non-hydrogen) atoms. The highest BCUT2D eigenvalue weighted by molar-refractivity contribution is 5.93. The number of amides is 1. The third-order valence-electron chi connectivity index (χ3n) is 4.48. The summed E-state index contributed by atoms with van der Waals surface area (Å²) < 4.78 is 11.1. The number of methoxy groups -OCH3 is 1. The quantitative estimate of drug-likeness (QED) is 0.644. The van der Waals surface area contributed by atoms with Crippen LogP contribution in [-0.2, 0) is 0 Å². The second-order valence-corrected chi connectivity index (χ2v) is 6.42. The lowest BCUT2D eigenvalue weighted by Crippen LogP contribution is -2.34. The second kappa shape index (κ2) is 9.08. The number of hydrogen-bond donors (Lipinski definition) is 1. The fraction of sp³-hybridized carbons (Fsp3) is 0.273. The smallest absolute Gasteiger partial charge is 0.271 e. The Hall–Kier alpha value is -3.28. The maximum Gasteiger partial charge on any atom is 0.271 e. The molecule has 1 heterocycles. The number of rotatable bonds is 8. The third kappa shape index (κ3) is 4.52. The predicted molar refractivity (Wildman–Crippen MR) is 109 cm³/mol. The zero-order chi connectivity index (χ0) is 19.9. The minimum Gasteiger partial charge on any atom is -0.496 e. The Morgan fingerprint density at radius 3 is 2.71 bits per heavy atom. The van der Waals surface area contributed by atoms with E-state index in [1.165, 1.54) is 0 Å². The first-order chi connectivity index (χ1) is 13.6. The Kier molecular flexibility index (Phi) is 6.32. The van der Waals surface area contributed by atoms with Crippen LogP contribution in [0.5, 0.6) is 11.5 Å². The summed E-state index contributed by atoms with van der Waals surface area (Å²) in [6.45, 7) is 5.47. The molecule has 2 aromatic carbocycles. The van der Waals surface area contributed by atoms with E-state index >= 15 is 0 Å². The molecule has 0 atom stereocenters. The minimum atomic E-state index is -0.107. The number of likely N-dealkylation sites (N-methyl/N-ethyl adjacent to an activating group) is 1. The van der Waals surface area contributed by atoms with E-state index in [9.17, 15) is 4.79 Å². The van der Waals surface area contributed by atoms with Crippen LogP contribution in [0.15, 0.2) is 54.6 Å². The molecule has 0 aliphatic rings. The second-order valence-electron chi connectivity index (χ2n) is 6.42. The average molecular weight is 379 g/mol. The number of aromatic nitrogens is 2. The summed E-state index contributed by atoms with van der Waals surface area (Å²) in [6.07, 6.45) is 0. The molecule has 146 valence electrons. The van der Waals surface area contributed by atoms with Crippen LogP contribution in [0.1, 0.15) is 23.0 Å². The monoisotopic (exact) mass is 379 g/mol. The molecule has 0 unspecified atom stereocenters. The van der Waals surface area contributed by atoms with E-state index < -0.39 is 0 Å². The molecule has 0 saturated heterocycles. The molecule has 0 bridgehead atoms. The minimum absolute atomic E-state index is 0.107. The first kappa shape index (κ1) is 19.5. The molecule has 1 amide bonds. The maximum atomic E-state index is 12.8.